The lowest BCUT2D eigenvalue weighted by Crippen LogP contribution is -2.35. The van der Waals surface area contributed by atoms with E-state index in [4.69, 9.17) is 9.47 Å². The van der Waals surface area contributed by atoms with Crippen LogP contribution in [0.1, 0.15) is 27.8 Å². The second-order valence-electron chi connectivity index (χ2n) is 7.79. The zero-order chi connectivity index (χ0) is 20.5. The predicted octanol–water partition coefficient (Wildman–Crippen LogP) is 3.69. The Bertz CT molecular complexity index is 1060. The molecular weight excluding hydrogens is 378 g/mol. The SMILES string of the molecule is Cc1nccc(OC[C@@H]2CN(C(=O)c3ccccc3)[C@H]3c4ccccc4OC[C@@H]23)n1. The van der Waals surface area contributed by atoms with Crippen molar-refractivity contribution >= 4 is 5.91 Å². The van der Waals surface area contributed by atoms with E-state index in [2.05, 4.69) is 16.0 Å². The molecule has 0 radical (unpaired) electrons. The molecule has 0 spiro atoms. The molecule has 3 aromatic rings. The maximum absolute atomic E-state index is 13.4. The Kier molecular flexibility index (Phi) is 4.83. The molecule has 3 atom stereocenters. The summed E-state index contributed by atoms with van der Waals surface area (Å²) in [4.78, 5) is 23.8. The van der Waals surface area contributed by atoms with Crippen LogP contribution in [-0.4, -0.2) is 40.5 Å². The predicted molar refractivity (Wildman–Crippen MR) is 111 cm³/mol. The van der Waals surface area contributed by atoms with Crippen LogP contribution in [0.3, 0.4) is 0 Å². The molecule has 6 nitrogen and oxygen atoms in total. The maximum atomic E-state index is 13.4. The smallest absolute Gasteiger partial charge is 0.254 e. The molecule has 5 rings (SSSR count). The zero-order valence-electron chi connectivity index (χ0n) is 16.8. The number of hydrogen-bond acceptors (Lipinski definition) is 5. The van der Waals surface area contributed by atoms with Gasteiger partial charge in [-0.1, -0.05) is 36.4 Å². The van der Waals surface area contributed by atoms with Crippen LogP contribution >= 0.6 is 0 Å². The van der Waals surface area contributed by atoms with Crippen molar-refractivity contribution in [2.24, 2.45) is 11.8 Å². The number of likely N-dealkylation sites (tertiary alicyclic amines) is 1. The van der Waals surface area contributed by atoms with Crippen molar-refractivity contribution < 1.29 is 14.3 Å². The Balaban J connectivity index is 1.44. The molecule has 6 heteroatoms. The molecule has 2 aliphatic rings. The minimum atomic E-state index is -0.0246. The summed E-state index contributed by atoms with van der Waals surface area (Å²) in [6, 6.07) is 19.2. The third kappa shape index (κ3) is 3.38. The minimum absolute atomic E-state index is 0.0246. The number of carbonyl (C=O) groups excluding carboxylic acids is 1. The number of ether oxygens (including phenoxy) is 2. The molecule has 0 bridgehead atoms. The first-order chi connectivity index (χ1) is 14.7. The number of benzene rings is 2. The number of carbonyl (C=O) groups is 1. The normalized spacial score (nSPS) is 22.0. The molecule has 152 valence electrons. The molecule has 0 unspecified atom stereocenters. The summed E-state index contributed by atoms with van der Waals surface area (Å²) in [5.74, 6) is 2.44. The fraction of sp³-hybridized carbons (Fsp3) is 0.292. The molecule has 30 heavy (non-hydrogen) atoms. The van der Waals surface area contributed by atoms with Gasteiger partial charge in [0.05, 0.1) is 19.3 Å². The number of hydrogen-bond donors (Lipinski definition) is 0. The largest absolute Gasteiger partial charge is 0.493 e. The van der Waals surface area contributed by atoms with Gasteiger partial charge in [0.15, 0.2) is 0 Å². The van der Waals surface area contributed by atoms with Crippen LogP contribution in [0.2, 0.25) is 0 Å². The van der Waals surface area contributed by atoms with Gasteiger partial charge in [0, 0.05) is 41.8 Å². The number of rotatable bonds is 4. The van der Waals surface area contributed by atoms with E-state index in [1.165, 1.54) is 0 Å². The third-order valence-corrected chi connectivity index (χ3v) is 5.92. The van der Waals surface area contributed by atoms with Crippen molar-refractivity contribution in [3.63, 3.8) is 0 Å². The Morgan fingerprint density at radius 3 is 2.77 bits per heavy atom. The van der Waals surface area contributed by atoms with Crippen LogP contribution in [0, 0.1) is 18.8 Å². The first kappa shape index (κ1) is 18.6. The molecule has 0 aliphatic carbocycles. The summed E-state index contributed by atoms with van der Waals surface area (Å²) in [7, 11) is 0. The molecule has 2 aliphatic heterocycles. The summed E-state index contributed by atoms with van der Waals surface area (Å²) >= 11 is 0. The van der Waals surface area contributed by atoms with E-state index in [-0.39, 0.29) is 23.8 Å². The second-order valence-corrected chi connectivity index (χ2v) is 7.79. The topological polar surface area (TPSA) is 64.5 Å². The molecule has 0 N–H and O–H groups in total. The lowest BCUT2D eigenvalue weighted by Gasteiger charge is -2.34. The molecule has 1 saturated heterocycles. The van der Waals surface area contributed by atoms with Crippen LogP contribution in [0.25, 0.3) is 0 Å². The van der Waals surface area contributed by atoms with Crippen molar-refractivity contribution in [3.05, 3.63) is 83.8 Å². The molecule has 1 fully saturated rings. The lowest BCUT2D eigenvalue weighted by molar-refractivity contribution is 0.0674. The first-order valence-corrected chi connectivity index (χ1v) is 10.2. The van der Waals surface area contributed by atoms with Gasteiger partial charge in [0.25, 0.3) is 5.91 Å². The van der Waals surface area contributed by atoms with E-state index in [0.717, 1.165) is 11.3 Å². The fourth-order valence-corrected chi connectivity index (χ4v) is 4.50. The number of fused-ring (bicyclic) bond motifs is 3. The van der Waals surface area contributed by atoms with E-state index < -0.39 is 0 Å². The van der Waals surface area contributed by atoms with E-state index in [1.54, 1.807) is 12.3 Å². The van der Waals surface area contributed by atoms with Crippen LogP contribution in [0.5, 0.6) is 11.6 Å². The minimum Gasteiger partial charge on any atom is -0.493 e. The maximum Gasteiger partial charge on any atom is 0.254 e. The number of aryl methyl sites for hydroxylation is 1. The van der Waals surface area contributed by atoms with Gasteiger partial charge >= 0.3 is 0 Å². The van der Waals surface area contributed by atoms with Gasteiger partial charge in [0.1, 0.15) is 11.6 Å². The Morgan fingerprint density at radius 1 is 1.13 bits per heavy atom. The summed E-state index contributed by atoms with van der Waals surface area (Å²) in [6.45, 7) is 3.49. The van der Waals surface area contributed by atoms with Crippen molar-refractivity contribution in [3.8, 4) is 11.6 Å². The van der Waals surface area contributed by atoms with E-state index in [0.29, 0.717) is 37.0 Å². The average molecular weight is 401 g/mol. The van der Waals surface area contributed by atoms with Crippen LogP contribution in [0.4, 0.5) is 0 Å². The molecule has 1 aromatic heterocycles. The van der Waals surface area contributed by atoms with Gasteiger partial charge in [-0.15, -0.1) is 0 Å². The van der Waals surface area contributed by atoms with Gasteiger partial charge < -0.3 is 14.4 Å². The van der Waals surface area contributed by atoms with Crippen LogP contribution in [-0.2, 0) is 0 Å². The number of amides is 1. The Labute approximate surface area is 175 Å². The highest BCUT2D eigenvalue weighted by molar-refractivity contribution is 5.94. The van der Waals surface area contributed by atoms with Crippen LogP contribution < -0.4 is 9.47 Å². The van der Waals surface area contributed by atoms with E-state index in [9.17, 15) is 4.79 Å². The highest BCUT2D eigenvalue weighted by atomic mass is 16.5. The van der Waals surface area contributed by atoms with Crippen molar-refractivity contribution in [1.82, 2.24) is 14.9 Å². The fourth-order valence-electron chi connectivity index (χ4n) is 4.50. The summed E-state index contributed by atoms with van der Waals surface area (Å²) in [5.41, 5.74) is 1.77. The second kappa shape index (κ2) is 7.78. The van der Waals surface area contributed by atoms with Crippen molar-refractivity contribution in [1.29, 1.82) is 0 Å². The number of nitrogens with zero attached hydrogens (tertiary/aromatic N) is 3. The van der Waals surface area contributed by atoms with Crippen molar-refractivity contribution in [2.45, 2.75) is 13.0 Å². The van der Waals surface area contributed by atoms with Gasteiger partial charge in [-0.2, -0.15) is 4.98 Å². The Morgan fingerprint density at radius 2 is 1.93 bits per heavy atom. The monoisotopic (exact) mass is 401 g/mol. The summed E-state index contributed by atoms with van der Waals surface area (Å²) in [5, 5.41) is 0. The number of para-hydroxylation sites is 1. The van der Waals surface area contributed by atoms with E-state index >= 15 is 0 Å². The van der Waals surface area contributed by atoms with Gasteiger partial charge in [-0.05, 0) is 25.1 Å². The molecule has 2 aromatic carbocycles. The Hall–Kier alpha value is -3.41. The average Bonchev–Trinajstić information content (AvgIpc) is 3.17. The lowest BCUT2D eigenvalue weighted by atomic mass is 9.85. The molecule has 1 amide bonds. The van der Waals surface area contributed by atoms with Gasteiger partial charge in [-0.3, -0.25) is 4.79 Å². The zero-order valence-corrected chi connectivity index (χ0v) is 16.8. The molecule has 0 saturated carbocycles. The van der Waals surface area contributed by atoms with Crippen molar-refractivity contribution in [2.75, 3.05) is 19.8 Å². The van der Waals surface area contributed by atoms with Gasteiger partial charge in [0.2, 0.25) is 5.88 Å². The van der Waals surface area contributed by atoms with Gasteiger partial charge in [-0.25, -0.2) is 4.98 Å². The first-order valence-electron chi connectivity index (χ1n) is 10.2. The summed E-state index contributed by atoms with van der Waals surface area (Å²) < 4.78 is 12.1. The third-order valence-electron chi connectivity index (χ3n) is 5.92. The highest BCUT2D eigenvalue weighted by Crippen LogP contribution is 2.47. The number of aromatic nitrogens is 2. The van der Waals surface area contributed by atoms with E-state index in [1.807, 2.05) is 60.4 Å². The molecule has 3 heterocycles. The summed E-state index contributed by atoms with van der Waals surface area (Å²) in [6.07, 6.45) is 1.69. The standard InChI is InChI=1S/C24H23N3O3/c1-16-25-12-11-22(26-16)30-14-18-13-27(24(28)17-7-3-2-4-8-17)23-19-9-5-6-10-21(19)29-15-20(18)23/h2-12,18,20,23H,13-15H2,1H3/t18-,20-,23-/m0/s1. The molecular formula is C24H23N3O3. The highest BCUT2D eigenvalue weighted by Gasteiger charge is 2.48. The quantitative estimate of drug-likeness (QED) is 0.667. The van der Waals surface area contributed by atoms with Crippen LogP contribution in [0.15, 0.2) is 66.9 Å².